The van der Waals surface area contributed by atoms with Crippen LogP contribution < -0.4 is 10.6 Å². The maximum absolute atomic E-state index is 11.6. The lowest BCUT2D eigenvalue weighted by molar-refractivity contribution is -0.121. The zero-order chi connectivity index (χ0) is 18.9. The maximum atomic E-state index is 11.6. The van der Waals surface area contributed by atoms with Crippen molar-refractivity contribution in [1.82, 2.24) is 15.5 Å². The van der Waals surface area contributed by atoms with Gasteiger partial charge in [0.15, 0.2) is 5.96 Å². The summed E-state index contributed by atoms with van der Waals surface area (Å²) in [6.07, 6.45) is 2.74. The molecule has 5 nitrogen and oxygen atoms in total. The van der Waals surface area contributed by atoms with Crippen molar-refractivity contribution in [3.8, 4) is 0 Å². The molecule has 1 aliphatic rings. The first-order valence-corrected chi connectivity index (χ1v) is 9.83. The average Bonchev–Trinajstić information content (AvgIpc) is 2.66. The Kier molecular flexibility index (Phi) is 7.95. The molecule has 0 bridgehead atoms. The summed E-state index contributed by atoms with van der Waals surface area (Å²) in [5, 5.41) is 6.16. The number of likely N-dealkylation sites (tertiary alicyclic amines) is 1. The largest absolute Gasteiger partial charge is 0.359 e. The summed E-state index contributed by atoms with van der Waals surface area (Å²) in [6, 6.07) is 8.73. The van der Waals surface area contributed by atoms with Gasteiger partial charge in [-0.15, -0.1) is 0 Å². The maximum Gasteiger partial charge on any atom is 0.220 e. The summed E-state index contributed by atoms with van der Waals surface area (Å²) >= 11 is 0. The van der Waals surface area contributed by atoms with E-state index in [1.165, 1.54) is 11.1 Å². The van der Waals surface area contributed by atoms with Gasteiger partial charge in [0.25, 0.3) is 0 Å². The van der Waals surface area contributed by atoms with E-state index in [2.05, 4.69) is 60.6 Å². The second-order valence-electron chi connectivity index (χ2n) is 7.31. The van der Waals surface area contributed by atoms with Gasteiger partial charge >= 0.3 is 0 Å². The number of amides is 1. The molecule has 1 aliphatic heterocycles. The highest BCUT2D eigenvalue weighted by Gasteiger charge is 2.23. The van der Waals surface area contributed by atoms with Crippen LogP contribution in [-0.4, -0.2) is 50.0 Å². The minimum absolute atomic E-state index is 0.149. The Morgan fingerprint density at radius 2 is 1.92 bits per heavy atom. The second-order valence-corrected chi connectivity index (χ2v) is 7.31. The van der Waals surface area contributed by atoms with Gasteiger partial charge in [0.1, 0.15) is 0 Å². The van der Waals surface area contributed by atoms with Crippen molar-refractivity contribution in [2.45, 2.75) is 46.0 Å². The van der Waals surface area contributed by atoms with E-state index in [-0.39, 0.29) is 5.91 Å². The highest BCUT2D eigenvalue weighted by atomic mass is 16.1. The Bertz CT molecular complexity index is 589. The van der Waals surface area contributed by atoms with Crippen molar-refractivity contribution >= 4 is 11.9 Å². The number of aryl methyl sites for hydroxylation is 1. The third-order valence-electron chi connectivity index (χ3n) is 5.16. The number of piperidine rings is 1. The van der Waals surface area contributed by atoms with E-state index in [1.807, 2.05) is 0 Å². The first-order valence-electron chi connectivity index (χ1n) is 9.83. The minimum Gasteiger partial charge on any atom is -0.359 e. The van der Waals surface area contributed by atoms with E-state index >= 15 is 0 Å². The number of hydrogen-bond acceptors (Lipinski definition) is 2. The average molecular weight is 359 g/mol. The molecule has 1 atom stereocenters. The Balaban J connectivity index is 1.92. The van der Waals surface area contributed by atoms with Gasteiger partial charge in [-0.3, -0.25) is 9.79 Å². The quantitative estimate of drug-likeness (QED) is 0.607. The fourth-order valence-electron chi connectivity index (χ4n) is 3.36. The molecule has 5 heteroatoms. The number of hydrogen-bond donors (Lipinski definition) is 2. The van der Waals surface area contributed by atoms with Crippen molar-refractivity contribution in [1.29, 1.82) is 0 Å². The van der Waals surface area contributed by atoms with Crippen LogP contribution in [-0.2, 0) is 4.79 Å². The molecular formula is C21H34N4O. The van der Waals surface area contributed by atoms with Gasteiger partial charge in [0, 0.05) is 45.6 Å². The van der Waals surface area contributed by atoms with Crippen LogP contribution in [0.2, 0.25) is 0 Å². The molecular weight excluding hydrogens is 324 g/mol. The highest BCUT2D eigenvalue weighted by Crippen LogP contribution is 2.21. The summed E-state index contributed by atoms with van der Waals surface area (Å²) in [5.74, 6) is 2.04. The molecule has 1 aromatic rings. The summed E-state index contributed by atoms with van der Waals surface area (Å²) in [4.78, 5) is 18.8. The van der Waals surface area contributed by atoms with Gasteiger partial charge in [-0.2, -0.15) is 0 Å². The van der Waals surface area contributed by atoms with Crippen molar-refractivity contribution in [3.05, 3.63) is 35.4 Å². The summed E-state index contributed by atoms with van der Waals surface area (Å²) in [6.45, 7) is 10.0. The topological polar surface area (TPSA) is 56.7 Å². The molecule has 1 unspecified atom stereocenters. The molecule has 2 rings (SSSR count). The van der Waals surface area contributed by atoms with E-state index in [0.717, 1.165) is 45.0 Å². The zero-order valence-corrected chi connectivity index (χ0v) is 16.7. The SMILES string of the molecule is CCNC(=NCC(C)c1ccc(C)cc1)N1CCC(CC(=O)NC)CC1. The molecule has 0 aliphatic carbocycles. The van der Waals surface area contributed by atoms with Crippen LogP contribution in [0.5, 0.6) is 0 Å². The standard InChI is InChI=1S/C21H34N4O/c1-5-23-21(24-15-17(3)19-8-6-16(2)7-9-19)25-12-10-18(11-13-25)14-20(26)22-4/h6-9,17-18H,5,10-15H2,1-4H3,(H,22,26)(H,23,24). The first-order chi connectivity index (χ1) is 12.5. The van der Waals surface area contributed by atoms with Crippen LogP contribution in [0.15, 0.2) is 29.3 Å². The summed E-state index contributed by atoms with van der Waals surface area (Å²) < 4.78 is 0. The van der Waals surface area contributed by atoms with Crippen LogP contribution in [0.25, 0.3) is 0 Å². The lowest BCUT2D eigenvalue weighted by atomic mass is 9.93. The molecule has 144 valence electrons. The molecule has 1 amide bonds. The van der Waals surface area contributed by atoms with Gasteiger partial charge in [-0.25, -0.2) is 0 Å². The van der Waals surface area contributed by atoms with Gasteiger partial charge < -0.3 is 15.5 Å². The normalized spacial score (nSPS) is 17.1. The van der Waals surface area contributed by atoms with Gasteiger partial charge in [0.2, 0.25) is 5.91 Å². The van der Waals surface area contributed by atoms with Gasteiger partial charge in [-0.05, 0) is 38.2 Å². The van der Waals surface area contributed by atoms with Crippen LogP contribution in [0, 0.1) is 12.8 Å². The Hall–Kier alpha value is -2.04. The minimum atomic E-state index is 0.149. The first kappa shape index (κ1) is 20.3. The molecule has 2 N–H and O–H groups in total. The number of benzene rings is 1. The molecule has 1 saturated heterocycles. The number of carbonyl (C=O) groups is 1. The van der Waals surface area contributed by atoms with Crippen molar-refractivity contribution < 1.29 is 4.79 Å². The van der Waals surface area contributed by atoms with Gasteiger partial charge in [-0.1, -0.05) is 36.8 Å². The molecule has 1 fully saturated rings. The second kappa shape index (κ2) is 10.2. The molecule has 1 heterocycles. The molecule has 0 saturated carbocycles. The van der Waals surface area contributed by atoms with E-state index < -0.39 is 0 Å². The number of rotatable bonds is 6. The number of aliphatic imine (C=N–C) groups is 1. The Labute approximate surface area is 158 Å². The van der Waals surface area contributed by atoms with Crippen molar-refractivity contribution in [2.75, 3.05) is 33.2 Å². The number of nitrogens with one attached hydrogen (secondary N) is 2. The molecule has 26 heavy (non-hydrogen) atoms. The van der Waals surface area contributed by atoms with Gasteiger partial charge in [0.05, 0.1) is 0 Å². The van der Waals surface area contributed by atoms with Crippen LogP contribution >= 0.6 is 0 Å². The number of nitrogens with zero attached hydrogens (tertiary/aromatic N) is 2. The van der Waals surface area contributed by atoms with Crippen LogP contribution in [0.3, 0.4) is 0 Å². The Morgan fingerprint density at radius 3 is 2.50 bits per heavy atom. The molecule has 0 spiro atoms. The lowest BCUT2D eigenvalue weighted by Gasteiger charge is -2.34. The smallest absolute Gasteiger partial charge is 0.220 e. The Morgan fingerprint density at radius 1 is 1.27 bits per heavy atom. The molecule has 1 aromatic carbocycles. The third kappa shape index (κ3) is 6.04. The van der Waals surface area contributed by atoms with E-state index in [1.54, 1.807) is 7.05 Å². The fourth-order valence-corrected chi connectivity index (χ4v) is 3.36. The van der Waals surface area contributed by atoms with Crippen LogP contribution in [0.1, 0.15) is 50.2 Å². The summed E-state index contributed by atoms with van der Waals surface area (Å²) in [5.41, 5.74) is 2.62. The summed E-state index contributed by atoms with van der Waals surface area (Å²) in [7, 11) is 1.71. The van der Waals surface area contributed by atoms with Crippen molar-refractivity contribution in [2.24, 2.45) is 10.9 Å². The highest BCUT2D eigenvalue weighted by molar-refractivity contribution is 5.80. The predicted octanol–water partition coefficient (Wildman–Crippen LogP) is 2.91. The van der Waals surface area contributed by atoms with E-state index in [9.17, 15) is 4.79 Å². The number of carbonyl (C=O) groups excluding carboxylic acids is 1. The molecule has 0 radical (unpaired) electrons. The monoisotopic (exact) mass is 358 g/mol. The van der Waals surface area contributed by atoms with Crippen LogP contribution in [0.4, 0.5) is 0 Å². The third-order valence-corrected chi connectivity index (χ3v) is 5.16. The van der Waals surface area contributed by atoms with E-state index in [4.69, 9.17) is 4.99 Å². The number of guanidine groups is 1. The fraction of sp³-hybridized carbons (Fsp3) is 0.619. The lowest BCUT2D eigenvalue weighted by Crippen LogP contribution is -2.46. The van der Waals surface area contributed by atoms with Crippen molar-refractivity contribution in [3.63, 3.8) is 0 Å². The predicted molar refractivity (Wildman–Crippen MR) is 109 cm³/mol. The molecule has 0 aromatic heterocycles. The van der Waals surface area contributed by atoms with E-state index in [0.29, 0.717) is 18.3 Å². The zero-order valence-electron chi connectivity index (χ0n) is 16.7.